The zero-order valence-corrected chi connectivity index (χ0v) is 11.7. The van der Waals surface area contributed by atoms with Crippen LogP contribution < -0.4 is 11.1 Å². The fourth-order valence-electron chi connectivity index (χ4n) is 1.64. The molecule has 0 saturated carbocycles. The predicted molar refractivity (Wildman–Crippen MR) is 77.8 cm³/mol. The molecule has 2 amide bonds. The van der Waals surface area contributed by atoms with E-state index in [1.54, 1.807) is 6.07 Å². The zero-order valence-electron chi connectivity index (χ0n) is 10.9. The van der Waals surface area contributed by atoms with Crippen LogP contribution in [0.25, 0.3) is 0 Å². The third-order valence-corrected chi connectivity index (χ3v) is 3.52. The SMILES string of the molecule is Cc1cc(C(N)=O)c(NC(=O)OCc2ccccc2)s1. The molecular formula is C14H14N2O3S. The summed E-state index contributed by atoms with van der Waals surface area (Å²) in [5, 5.41) is 2.95. The van der Waals surface area contributed by atoms with Gasteiger partial charge in [0.2, 0.25) is 0 Å². The Bertz CT molecular complexity index is 623. The Hall–Kier alpha value is -2.34. The van der Waals surface area contributed by atoms with Crippen LogP contribution in [0, 0.1) is 6.92 Å². The first-order chi connectivity index (χ1) is 9.56. The summed E-state index contributed by atoms with van der Waals surface area (Å²) in [4.78, 5) is 23.8. The predicted octanol–water partition coefficient (Wildman–Crippen LogP) is 2.90. The molecule has 0 bridgehead atoms. The van der Waals surface area contributed by atoms with E-state index in [2.05, 4.69) is 5.32 Å². The standard InChI is InChI=1S/C14H14N2O3S/c1-9-7-11(12(15)17)13(20-9)16-14(18)19-8-10-5-3-2-4-6-10/h2-7H,8H2,1H3,(H2,15,17)(H,16,18). The third kappa shape index (κ3) is 3.58. The average molecular weight is 290 g/mol. The van der Waals surface area contributed by atoms with Crippen molar-refractivity contribution < 1.29 is 14.3 Å². The first-order valence-corrected chi connectivity index (χ1v) is 6.76. The third-order valence-electron chi connectivity index (χ3n) is 2.55. The van der Waals surface area contributed by atoms with Crippen molar-refractivity contribution in [3.63, 3.8) is 0 Å². The number of ether oxygens (including phenoxy) is 1. The van der Waals surface area contributed by atoms with Gasteiger partial charge in [-0.15, -0.1) is 11.3 Å². The molecule has 1 aromatic carbocycles. The lowest BCUT2D eigenvalue weighted by atomic mass is 10.2. The minimum atomic E-state index is -0.613. The highest BCUT2D eigenvalue weighted by Gasteiger charge is 2.15. The summed E-state index contributed by atoms with van der Waals surface area (Å²) >= 11 is 1.28. The van der Waals surface area contributed by atoms with E-state index < -0.39 is 12.0 Å². The summed E-state index contributed by atoms with van der Waals surface area (Å²) in [5.74, 6) is -0.576. The van der Waals surface area contributed by atoms with E-state index in [1.807, 2.05) is 37.3 Å². The second-order valence-electron chi connectivity index (χ2n) is 4.15. The summed E-state index contributed by atoms with van der Waals surface area (Å²) in [6, 6.07) is 11.0. The van der Waals surface area contributed by atoms with Crippen LogP contribution in [0.2, 0.25) is 0 Å². The highest BCUT2D eigenvalue weighted by atomic mass is 32.1. The average Bonchev–Trinajstić information content (AvgIpc) is 2.79. The summed E-state index contributed by atoms with van der Waals surface area (Å²) in [7, 11) is 0. The molecule has 0 spiro atoms. The maximum Gasteiger partial charge on any atom is 0.412 e. The van der Waals surface area contributed by atoms with Gasteiger partial charge in [-0.05, 0) is 18.6 Å². The van der Waals surface area contributed by atoms with Gasteiger partial charge in [0.15, 0.2) is 0 Å². The Kier molecular flexibility index (Phi) is 4.37. The number of carbonyl (C=O) groups excluding carboxylic acids is 2. The van der Waals surface area contributed by atoms with Gasteiger partial charge in [-0.25, -0.2) is 4.79 Å². The lowest BCUT2D eigenvalue weighted by Crippen LogP contribution is -2.17. The molecule has 104 valence electrons. The van der Waals surface area contributed by atoms with Gasteiger partial charge in [0.25, 0.3) is 5.91 Å². The molecule has 0 atom stereocenters. The van der Waals surface area contributed by atoms with Crippen LogP contribution in [0.4, 0.5) is 9.80 Å². The van der Waals surface area contributed by atoms with E-state index in [4.69, 9.17) is 10.5 Å². The monoisotopic (exact) mass is 290 g/mol. The number of amides is 2. The van der Waals surface area contributed by atoms with Crippen molar-refractivity contribution in [3.05, 3.63) is 52.4 Å². The Balaban J connectivity index is 1.96. The molecule has 2 aromatic rings. The van der Waals surface area contributed by atoms with Gasteiger partial charge in [-0.3, -0.25) is 10.1 Å². The topological polar surface area (TPSA) is 81.4 Å². The second kappa shape index (κ2) is 6.21. The normalized spacial score (nSPS) is 10.1. The quantitative estimate of drug-likeness (QED) is 0.908. The number of hydrogen-bond acceptors (Lipinski definition) is 4. The maximum atomic E-state index is 11.7. The van der Waals surface area contributed by atoms with E-state index in [0.717, 1.165) is 10.4 Å². The van der Waals surface area contributed by atoms with Gasteiger partial charge in [-0.2, -0.15) is 0 Å². The Labute approximate surface area is 120 Å². The Morgan fingerprint density at radius 3 is 2.65 bits per heavy atom. The minimum absolute atomic E-state index is 0.170. The van der Waals surface area contributed by atoms with Gasteiger partial charge < -0.3 is 10.5 Å². The number of anilines is 1. The van der Waals surface area contributed by atoms with Crippen LogP contribution in [0.1, 0.15) is 20.8 Å². The van der Waals surface area contributed by atoms with Crippen molar-refractivity contribution in [3.8, 4) is 0 Å². The number of nitrogens with two attached hydrogens (primary N) is 1. The molecule has 0 aliphatic rings. The molecule has 1 aromatic heterocycles. The molecular weight excluding hydrogens is 276 g/mol. The Morgan fingerprint density at radius 1 is 1.30 bits per heavy atom. The van der Waals surface area contributed by atoms with Gasteiger partial charge in [0.05, 0.1) is 5.56 Å². The fourth-order valence-corrected chi connectivity index (χ4v) is 2.54. The van der Waals surface area contributed by atoms with Crippen LogP contribution in [0.5, 0.6) is 0 Å². The molecule has 2 rings (SSSR count). The van der Waals surface area contributed by atoms with Crippen molar-refractivity contribution >= 4 is 28.3 Å². The highest BCUT2D eigenvalue weighted by molar-refractivity contribution is 7.16. The maximum absolute atomic E-state index is 11.7. The molecule has 0 fully saturated rings. The summed E-state index contributed by atoms with van der Waals surface area (Å²) in [6.07, 6.45) is -0.613. The number of carbonyl (C=O) groups is 2. The van der Waals surface area contributed by atoms with E-state index >= 15 is 0 Å². The number of rotatable bonds is 4. The number of aryl methyl sites for hydroxylation is 1. The van der Waals surface area contributed by atoms with Crippen LogP contribution >= 0.6 is 11.3 Å². The minimum Gasteiger partial charge on any atom is -0.444 e. The van der Waals surface area contributed by atoms with Gasteiger partial charge in [0, 0.05) is 4.88 Å². The smallest absolute Gasteiger partial charge is 0.412 e. The van der Waals surface area contributed by atoms with Crippen molar-refractivity contribution in [1.29, 1.82) is 0 Å². The highest BCUT2D eigenvalue weighted by Crippen LogP contribution is 2.27. The van der Waals surface area contributed by atoms with Crippen LogP contribution in [-0.2, 0) is 11.3 Å². The molecule has 0 aliphatic heterocycles. The Morgan fingerprint density at radius 2 is 2.00 bits per heavy atom. The summed E-state index contributed by atoms with van der Waals surface area (Å²) in [5.41, 5.74) is 6.43. The number of nitrogens with one attached hydrogen (secondary N) is 1. The number of thiophene rings is 1. The second-order valence-corrected chi connectivity index (χ2v) is 5.41. The summed E-state index contributed by atoms with van der Waals surface area (Å²) in [6.45, 7) is 2.00. The van der Waals surface area contributed by atoms with Crippen LogP contribution in [0.3, 0.4) is 0 Å². The van der Waals surface area contributed by atoms with E-state index in [0.29, 0.717) is 10.6 Å². The van der Waals surface area contributed by atoms with Crippen LogP contribution in [0.15, 0.2) is 36.4 Å². The fraction of sp³-hybridized carbons (Fsp3) is 0.143. The molecule has 0 saturated heterocycles. The zero-order chi connectivity index (χ0) is 14.5. The molecule has 6 heteroatoms. The number of hydrogen-bond donors (Lipinski definition) is 2. The molecule has 0 unspecified atom stereocenters. The van der Waals surface area contributed by atoms with Gasteiger partial charge in [0.1, 0.15) is 11.6 Å². The van der Waals surface area contributed by atoms with Gasteiger partial charge >= 0.3 is 6.09 Å². The molecule has 1 heterocycles. The molecule has 5 nitrogen and oxygen atoms in total. The molecule has 0 aliphatic carbocycles. The summed E-state index contributed by atoms with van der Waals surface area (Å²) < 4.78 is 5.08. The van der Waals surface area contributed by atoms with Gasteiger partial charge in [-0.1, -0.05) is 30.3 Å². The van der Waals surface area contributed by atoms with Crippen molar-refractivity contribution in [2.75, 3.05) is 5.32 Å². The lowest BCUT2D eigenvalue weighted by Gasteiger charge is -2.06. The van der Waals surface area contributed by atoms with E-state index in [9.17, 15) is 9.59 Å². The molecule has 3 N–H and O–H groups in total. The van der Waals surface area contributed by atoms with E-state index in [1.165, 1.54) is 11.3 Å². The molecule has 0 radical (unpaired) electrons. The van der Waals surface area contributed by atoms with Crippen LogP contribution in [-0.4, -0.2) is 12.0 Å². The number of benzene rings is 1. The van der Waals surface area contributed by atoms with Crippen molar-refractivity contribution in [2.24, 2.45) is 5.73 Å². The lowest BCUT2D eigenvalue weighted by molar-refractivity contribution is 0.100. The first-order valence-electron chi connectivity index (χ1n) is 5.94. The molecule has 20 heavy (non-hydrogen) atoms. The first kappa shape index (κ1) is 14.1. The number of primary amides is 1. The largest absolute Gasteiger partial charge is 0.444 e. The van der Waals surface area contributed by atoms with Crippen molar-refractivity contribution in [1.82, 2.24) is 0 Å². The van der Waals surface area contributed by atoms with E-state index in [-0.39, 0.29) is 6.61 Å². The van der Waals surface area contributed by atoms with Crippen molar-refractivity contribution in [2.45, 2.75) is 13.5 Å².